The van der Waals surface area contributed by atoms with Crippen LogP contribution in [0, 0.1) is 23.5 Å². The molecule has 1 rings (SSSR count). The summed E-state index contributed by atoms with van der Waals surface area (Å²) in [6, 6.07) is 3.16. The van der Waals surface area contributed by atoms with Gasteiger partial charge in [-0.2, -0.15) is 0 Å². The fourth-order valence-electron chi connectivity index (χ4n) is 1.26. The molecule has 0 aliphatic heterocycles. The highest BCUT2D eigenvalue weighted by atomic mass is 19.1. The molecule has 0 aliphatic carbocycles. The maximum atomic E-state index is 13.2. The van der Waals surface area contributed by atoms with Crippen molar-refractivity contribution in [1.82, 2.24) is 0 Å². The van der Waals surface area contributed by atoms with E-state index in [2.05, 4.69) is 11.8 Å². The molecular weight excluding hydrogens is 198 g/mol. The van der Waals surface area contributed by atoms with Crippen LogP contribution >= 0.6 is 0 Å². The Bertz CT molecular complexity index is 390. The summed E-state index contributed by atoms with van der Waals surface area (Å²) in [4.78, 5) is 0. The minimum absolute atomic E-state index is 0.120. The number of rotatable bonds is 3. The van der Waals surface area contributed by atoms with Crippen LogP contribution in [0.4, 0.5) is 8.78 Å². The molecule has 3 heteroatoms. The van der Waals surface area contributed by atoms with Crippen molar-refractivity contribution in [3.8, 4) is 11.8 Å². The number of benzene rings is 1. The molecule has 0 radical (unpaired) electrons. The monoisotopic (exact) mass is 210 g/mol. The first-order valence-corrected chi connectivity index (χ1v) is 4.67. The summed E-state index contributed by atoms with van der Waals surface area (Å²) in [6.07, 6.45) is -0.0795. The van der Waals surface area contributed by atoms with Crippen LogP contribution in [0.1, 0.15) is 31.4 Å². The third-order valence-corrected chi connectivity index (χ3v) is 2.04. The summed E-state index contributed by atoms with van der Waals surface area (Å²) in [6.45, 7) is 1.70. The van der Waals surface area contributed by atoms with Gasteiger partial charge in [-0.1, -0.05) is 6.07 Å². The highest BCUT2D eigenvalue weighted by Crippen LogP contribution is 2.21. The van der Waals surface area contributed by atoms with E-state index in [0.717, 1.165) is 12.1 Å². The molecule has 0 bridgehead atoms. The van der Waals surface area contributed by atoms with Gasteiger partial charge in [0.25, 0.3) is 0 Å². The Labute approximate surface area is 87.7 Å². The van der Waals surface area contributed by atoms with Crippen molar-refractivity contribution < 1.29 is 13.9 Å². The van der Waals surface area contributed by atoms with Crippen LogP contribution in [0.15, 0.2) is 18.2 Å². The van der Waals surface area contributed by atoms with Gasteiger partial charge < -0.3 is 5.11 Å². The highest BCUT2D eigenvalue weighted by Gasteiger charge is 2.12. The summed E-state index contributed by atoms with van der Waals surface area (Å²) < 4.78 is 25.7. The van der Waals surface area contributed by atoms with Crippen LogP contribution in [0.25, 0.3) is 0 Å². The van der Waals surface area contributed by atoms with Gasteiger partial charge in [-0.25, -0.2) is 8.78 Å². The molecule has 15 heavy (non-hydrogen) atoms. The van der Waals surface area contributed by atoms with E-state index in [4.69, 9.17) is 0 Å². The number of hydrogen-bond donors (Lipinski definition) is 1. The van der Waals surface area contributed by atoms with Crippen LogP contribution in [0.3, 0.4) is 0 Å². The van der Waals surface area contributed by atoms with E-state index < -0.39 is 17.7 Å². The first-order valence-electron chi connectivity index (χ1n) is 4.67. The molecule has 1 N–H and O–H groups in total. The summed E-state index contributed by atoms with van der Waals surface area (Å²) in [5.74, 6) is 4.10. The molecule has 80 valence electrons. The number of aliphatic hydroxyl groups excluding tert-OH is 1. The van der Waals surface area contributed by atoms with Gasteiger partial charge >= 0.3 is 0 Å². The minimum atomic E-state index is -0.925. The Morgan fingerprint density at radius 3 is 2.73 bits per heavy atom. The zero-order valence-corrected chi connectivity index (χ0v) is 8.43. The summed E-state index contributed by atoms with van der Waals surface area (Å²) in [5.41, 5.74) is 0.120. The van der Waals surface area contributed by atoms with Gasteiger partial charge in [-0.3, -0.25) is 0 Å². The molecule has 1 atom stereocenters. The summed E-state index contributed by atoms with van der Waals surface area (Å²) in [7, 11) is 0. The van der Waals surface area contributed by atoms with Crippen molar-refractivity contribution >= 4 is 0 Å². The van der Waals surface area contributed by atoms with Crippen LogP contribution in [-0.2, 0) is 0 Å². The first-order chi connectivity index (χ1) is 7.15. The lowest BCUT2D eigenvalue weighted by Gasteiger charge is -2.09. The molecule has 0 aliphatic rings. The molecular formula is C12H12F2O. The lowest BCUT2D eigenvalue weighted by molar-refractivity contribution is 0.164. The van der Waals surface area contributed by atoms with Gasteiger partial charge in [0.15, 0.2) is 0 Å². The molecule has 1 nitrogen and oxygen atoms in total. The molecule has 0 saturated carbocycles. The van der Waals surface area contributed by atoms with E-state index in [0.29, 0.717) is 12.8 Å². The van der Waals surface area contributed by atoms with E-state index in [9.17, 15) is 13.9 Å². The highest BCUT2D eigenvalue weighted by molar-refractivity contribution is 5.21. The Balaban J connectivity index is 2.71. The van der Waals surface area contributed by atoms with Crippen molar-refractivity contribution in [2.24, 2.45) is 0 Å². The summed E-state index contributed by atoms with van der Waals surface area (Å²) >= 11 is 0. The van der Waals surface area contributed by atoms with Crippen LogP contribution < -0.4 is 0 Å². The Kier molecular flexibility index (Phi) is 4.26. The van der Waals surface area contributed by atoms with Crippen LogP contribution in [0.5, 0.6) is 0 Å². The maximum Gasteiger partial charge on any atom is 0.131 e. The molecule has 0 heterocycles. The molecule has 0 saturated heterocycles. The van der Waals surface area contributed by atoms with E-state index in [1.54, 1.807) is 6.92 Å². The molecule has 0 spiro atoms. The maximum absolute atomic E-state index is 13.2. The number of hydrogen-bond acceptors (Lipinski definition) is 1. The Morgan fingerprint density at radius 2 is 2.13 bits per heavy atom. The molecule has 1 aromatic rings. The Morgan fingerprint density at radius 1 is 1.40 bits per heavy atom. The summed E-state index contributed by atoms with van der Waals surface area (Å²) in [5, 5.41) is 9.59. The first kappa shape index (κ1) is 11.7. The standard InChI is InChI=1S/C12H12F2O/c1-2-3-4-5-12(15)10-7-6-9(13)8-11(10)14/h6-8,12,15H,4-5H2,1H3. The van der Waals surface area contributed by atoms with E-state index in [1.807, 2.05) is 0 Å². The second kappa shape index (κ2) is 5.47. The average Bonchev–Trinajstić information content (AvgIpc) is 2.17. The van der Waals surface area contributed by atoms with E-state index in [-0.39, 0.29) is 5.56 Å². The fourth-order valence-corrected chi connectivity index (χ4v) is 1.26. The van der Waals surface area contributed by atoms with Gasteiger partial charge in [0.2, 0.25) is 0 Å². The predicted octanol–water partition coefficient (Wildman–Crippen LogP) is 2.80. The number of halogens is 2. The largest absolute Gasteiger partial charge is 0.388 e. The van der Waals surface area contributed by atoms with Crippen molar-refractivity contribution in [2.45, 2.75) is 25.9 Å². The molecule has 0 fully saturated rings. The number of aliphatic hydroxyl groups is 1. The third kappa shape index (κ3) is 3.34. The van der Waals surface area contributed by atoms with Crippen LogP contribution in [-0.4, -0.2) is 5.11 Å². The van der Waals surface area contributed by atoms with Gasteiger partial charge in [-0.05, 0) is 19.4 Å². The lowest BCUT2D eigenvalue weighted by atomic mass is 10.0. The van der Waals surface area contributed by atoms with Gasteiger partial charge in [0, 0.05) is 18.1 Å². The van der Waals surface area contributed by atoms with Gasteiger partial charge in [0.1, 0.15) is 11.6 Å². The molecule has 0 aromatic heterocycles. The van der Waals surface area contributed by atoms with Crippen LogP contribution in [0.2, 0.25) is 0 Å². The smallest absolute Gasteiger partial charge is 0.131 e. The zero-order chi connectivity index (χ0) is 11.3. The van der Waals surface area contributed by atoms with Crippen molar-refractivity contribution in [3.63, 3.8) is 0 Å². The van der Waals surface area contributed by atoms with E-state index >= 15 is 0 Å². The topological polar surface area (TPSA) is 20.2 Å². The van der Waals surface area contributed by atoms with Gasteiger partial charge in [0.05, 0.1) is 6.10 Å². The van der Waals surface area contributed by atoms with Crippen molar-refractivity contribution in [2.75, 3.05) is 0 Å². The third-order valence-electron chi connectivity index (χ3n) is 2.04. The normalized spacial score (nSPS) is 11.7. The zero-order valence-electron chi connectivity index (χ0n) is 8.43. The fraction of sp³-hybridized carbons (Fsp3) is 0.333. The van der Waals surface area contributed by atoms with Crippen molar-refractivity contribution in [1.29, 1.82) is 0 Å². The second-order valence-electron chi connectivity index (χ2n) is 3.15. The average molecular weight is 210 g/mol. The minimum Gasteiger partial charge on any atom is -0.388 e. The van der Waals surface area contributed by atoms with Gasteiger partial charge in [-0.15, -0.1) is 11.8 Å². The SMILES string of the molecule is CC#CCCC(O)c1ccc(F)cc1F. The quantitative estimate of drug-likeness (QED) is 0.760. The lowest BCUT2D eigenvalue weighted by Crippen LogP contribution is -2.00. The Hall–Kier alpha value is -1.40. The molecule has 1 aromatic carbocycles. The van der Waals surface area contributed by atoms with Crippen molar-refractivity contribution in [3.05, 3.63) is 35.4 Å². The predicted molar refractivity (Wildman–Crippen MR) is 54.0 cm³/mol. The molecule has 1 unspecified atom stereocenters. The second-order valence-corrected chi connectivity index (χ2v) is 3.15. The van der Waals surface area contributed by atoms with E-state index in [1.165, 1.54) is 6.07 Å². The molecule has 0 amide bonds.